The summed E-state index contributed by atoms with van der Waals surface area (Å²) >= 11 is 6.13. The molecule has 0 bridgehead atoms. The van der Waals surface area contributed by atoms with Crippen LogP contribution in [0.1, 0.15) is 0 Å². The molecule has 0 spiro atoms. The maximum absolute atomic E-state index is 12.8. The van der Waals surface area contributed by atoms with E-state index in [4.69, 9.17) is 26.8 Å². The number of hydrogen-bond acceptors (Lipinski definition) is 7. The van der Waals surface area contributed by atoms with Crippen molar-refractivity contribution in [2.75, 3.05) is 65.0 Å². The Morgan fingerprint density at radius 2 is 2.00 bits per heavy atom. The predicted molar refractivity (Wildman–Crippen MR) is 107 cm³/mol. The number of anilines is 1. The van der Waals surface area contributed by atoms with E-state index in [1.54, 1.807) is 0 Å². The second-order valence-corrected chi connectivity index (χ2v) is 8.72. The van der Waals surface area contributed by atoms with Crippen LogP contribution in [0.2, 0.25) is 5.02 Å². The average Bonchev–Trinajstić information content (AvgIpc) is 2.68. The Balaban J connectivity index is 2.12. The molecule has 0 aliphatic carbocycles. The first kappa shape index (κ1) is 23.5. The quantitative estimate of drug-likeness (QED) is 0.503. The zero-order chi connectivity index (χ0) is 21.4. The summed E-state index contributed by atoms with van der Waals surface area (Å²) in [6.07, 6.45) is 0. The SMILES string of the molecule is COCCN(CC(N)=O)CC(=O)Nc1cc(S(=O)(=O)N2CCOCC2)ccc1Cl. The number of benzene rings is 1. The topological polar surface area (TPSA) is 131 Å². The highest BCUT2D eigenvalue weighted by Crippen LogP contribution is 2.27. The number of nitrogens with zero attached hydrogens (tertiary/aromatic N) is 2. The summed E-state index contributed by atoms with van der Waals surface area (Å²) < 4.78 is 37.1. The Labute approximate surface area is 174 Å². The molecule has 1 aliphatic rings. The first-order valence-corrected chi connectivity index (χ1v) is 10.7. The highest BCUT2D eigenvalue weighted by molar-refractivity contribution is 7.89. The van der Waals surface area contributed by atoms with E-state index in [1.807, 2.05) is 0 Å². The Kier molecular flexibility index (Phi) is 8.80. The molecule has 0 unspecified atom stereocenters. The Bertz CT molecular complexity index is 829. The van der Waals surface area contributed by atoms with Crippen LogP contribution < -0.4 is 11.1 Å². The molecule has 1 heterocycles. The summed E-state index contributed by atoms with van der Waals surface area (Å²) in [7, 11) is -2.23. The van der Waals surface area contributed by atoms with E-state index in [1.165, 1.54) is 34.5 Å². The lowest BCUT2D eigenvalue weighted by molar-refractivity contribution is -0.121. The minimum absolute atomic E-state index is 0.0208. The number of carbonyl (C=O) groups excluding carboxylic acids is 2. The Hall–Kier alpha value is -1.76. The van der Waals surface area contributed by atoms with Crippen LogP contribution >= 0.6 is 11.6 Å². The standard InChI is InChI=1S/C17H25ClN4O6S/c1-27-7-4-21(11-16(19)23)12-17(24)20-15-10-13(2-3-14(15)18)29(25,26)22-5-8-28-9-6-22/h2-3,10H,4-9,11-12H2,1H3,(H2,19,23)(H,20,24). The zero-order valence-corrected chi connectivity index (χ0v) is 17.7. The normalized spacial score (nSPS) is 15.4. The molecule has 10 nitrogen and oxygen atoms in total. The molecule has 1 aromatic rings. The Morgan fingerprint density at radius 1 is 1.31 bits per heavy atom. The molecule has 29 heavy (non-hydrogen) atoms. The number of rotatable bonds is 10. The summed E-state index contributed by atoms with van der Waals surface area (Å²) in [6, 6.07) is 4.12. The van der Waals surface area contributed by atoms with Gasteiger partial charge in [0.25, 0.3) is 0 Å². The third-order valence-electron chi connectivity index (χ3n) is 4.18. The largest absolute Gasteiger partial charge is 0.383 e. The molecule has 3 N–H and O–H groups in total. The molecule has 1 saturated heterocycles. The van der Waals surface area contributed by atoms with Crippen LogP contribution in [0.5, 0.6) is 0 Å². The van der Waals surface area contributed by atoms with Gasteiger partial charge in [0.05, 0.1) is 48.5 Å². The molecule has 1 aromatic carbocycles. The summed E-state index contributed by atoms with van der Waals surface area (Å²) in [4.78, 5) is 25.1. The third-order valence-corrected chi connectivity index (χ3v) is 6.40. The first-order valence-electron chi connectivity index (χ1n) is 8.91. The summed E-state index contributed by atoms with van der Waals surface area (Å²) in [5.74, 6) is -1.05. The van der Waals surface area contributed by atoms with Crippen LogP contribution in [0.25, 0.3) is 0 Å². The van der Waals surface area contributed by atoms with E-state index in [9.17, 15) is 18.0 Å². The van der Waals surface area contributed by atoms with Gasteiger partial charge < -0.3 is 20.5 Å². The van der Waals surface area contributed by atoms with E-state index >= 15 is 0 Å². The molecule has 0 radical (unpaired) electrons. The van der Waals surface area contributed by atoms with Gasteiger partial charge in [-0.15, -0.1) is 0 Å². The highest BCUT2D eigenvalue weighted by atomic mass is 35.5. The number of morpholine rings is 1. The number of sulfonamides is 1. The van der Waals surface area contributed by atoms with E-state index in [-0.39, 0.29) is 41.8 Å². The number of methoxy groups -OCH3 is 1. The van der Waals surface area contributed by atoms with Crippen LogP contribution in [0.4, 0.5) is 5.69 Å². The van der Waals surface area contributed by atoms with Crippen molar-refractivity contribution in [2.24, 2.45) is 5.73 Å². The van der Waals surface area contributed by atoms with Gasteiger partial charge in [-0.05, 0) is 18.2 Å². The monoisotopic (exact) mass is 448 g/mol. The van der Waals surface area contributed by atoms with Crippen molar-refractivity contribution >= 4 is 39.1 Å². The van der Waals surface area contributed by atoms with Crippen LogP contribution in [-0.4, -0.2) is 89.1 Å². The number of ether oxygens (including phenoxy) is 2. The fourth-order valence-corrected chi connectivity index (χ4v) is 4.34. The van der Waals surface area contributed by atoms with Gasteiger partial charge in [0.1, 0.15) is 0 Å². The lowest BCUT2D eigenvalue weighted by Crippen LogP contribution is -2.41. The number of amides is 2. The van der Waals surface area contributed by atoms with E-state index in [0.29, 0.717) is 26.4 Å². The van der Waals surface area contributed by atoms with Gasteiger partial charge in [-0.25, -0.2) is 8.42 Å². The van der Waals surface area contributed by atoms with Crippen molar-refractivity contribution in [2.45, 2.75) is 4.90 Å². The lowest BCUT2D eigenvalue weighted by Gasteiger charge is -2.26. The van der Waals surface area contributed by atoms with Crippen LogP contribution in [0.15, 0.2) is 23.1 Å². The van der Waals surface area contributed by atoms with Crippen molar-refractivity contribution in [1.82, 2.24) is 9.21 Å². The van der Waals surface area contributed by atoms with Crippen LogP contribution in [0.3, 0.4) is 0 Å². The third kappa shape index (κ3) is 6.91. The van der Waals surface area contributed by atoms with Crippen LogP contribution in [0, 0.1) is 0 Å². The minimum Gasteiger partial charge on any atom is -0.383 e. The second kappa shape index (κ2) is 10.9. The van der Waals surface area contributed by atoms with E-state index in [2.05, 4.69) is 5.32 Å². The van der Waals surface area contributed by atoms with Gasteiger partial charge in [0.15, 0.2) is 0 Å². The molecular weight excluding hydrogens is 424 g/mol. The molecule has 12 heteroatoms. The van der Waals surface area contributed by atoms with Crippen molar-refractivity contribution in [1.29, 1.82) is 0 Å². The molecular formula is C17H25ClN4O6S. The minimum atomic E-state index is -3.73. The number of primary amides is 1. The van der Waals surface area contributed by atoms with Crippen LogP contribution in [-0.2, 0) is 29.1 Å². The number of hydrogen-bond donors (Lipinski definition) is 2. The summed E-state index contributed by atoms with van der Waals surface area (Å²) in [5, 5.41) is 2.78. The first-order chi connectivity index (χ1) is 13.7. The van der Waals surface area contributed by atoms with E-state index < -0.39 is 21.8 Å². The van der Waals surface area contributed by atoms with E-state index in [0.717, 1.165) is 0 Å². The Morgan fingerprint density at radius 3 is 2.62 bits per heavy atom. The van der Waals surface area contributed by atoms with Gasteiger partial charge in [-0.1, -0.05) is 11.6 Å². The van der Waals surface area contributed by atoms with Gasteiger partial charge in [-0.2, -0.15) is 4.31 Å². The van der Waals surface area contributed by atoms with Gasteiger partial charge in [-0.3, -0.25) is 14.5 Å². The molecule has 0 aromatic heterocycles. The fraction of sp³-hybridized carbons (Fsp3) is 0.529. The van der Waals surface area contributed by atoms with Crippen molar-refractivity contribution in [3.05, 3.63) is 23.2 Å². The van der Waals surface area contributed by atoms with Crippen molar-refractivity contribution in [3.63, 3.8) is 0 Å². The smallest absolute Gasteiger partial charge is 0.243 e. The maximum atomic E-state index is 12.8. The zero-order valence-electron chi connectivity index (χ0n) is 16.1. The predicted octanol–water partition coefficient (Wildman–Crippen LogP) is -0.267. The molecule has 1 aliphatic heterocycles. The molecule has 0 atom stereocenters. The summed E-state index contributed by atoms with van der Waals surface area (Å²) in [6.45, 7) is 1.56. The molecule has 2 amide bonds. The van der Waals surface area contributed by atoms with Gasteiger partial charge >= 0.3 is 0 Å². The second-order valence-electron chi connectivity index (χ2n) is 6.38. The van der Waals surface area contributed by atoms with Crippen molar-refractivity contribution in [3.8, 4) is 0 Å². The molecule has 1 fully saturated rings. The molecule has 2 rings (SSSR count). The van der Waals surface area contributed by atoms with Crippen molar-refractivity contribution < 1.29 is 27.5 Å². The maximum Gasteiger partial charge on any atom is 0.243 e. The van der Waals surface area contributed by atoms with Gasteiger partial charge in [0, 0.05) is 26.7 Å². The average molecular weight is 449 g/mol. The number of carbonyl (C=O) groups is 2. The lowest BCUT2D eigenvalue weighted by atomic mass is 10.3. The molecule has 0 saturated carbocycles. The molecule has 162 valence electrons. The van der Waals surface area contributed by atoms with Gasteiger partial charge in [0.2, 0.25) is 21.8 Å². The summed E-state index contributed by atoms with van der Waals surface area (Å²) in [5.41, 5.74) is 5.37. The highest BCUT2D eigenvalue weighted by Gasteiger charge is 2.27. The fourth-order valence-electron chi connectivity index (χ4n) is 2.74. The number of nitrogens with two attached hydrogens (primary N) is 1. The number of halogens is 1. The number of nitrogens with one attached hydrogen (secondary N) is 1.